The molecule has 1 atom stereocenters. The van der Waals surface area contributed by atoms with Gasteiger partial charge in [0.1, 0.15) is 0 Å². The molecular formula is C20H20F3N3O5. The summed E-state index contributed by atoms with van der Waals surface area (Å²) < 4.78 is 51.9. The van der Waals surface area contributed by atoms with Crippen molar-refractivity contribution >= 4 is 23.5 Å². The van der Waals surface area contributed by atoms with Crippen molar-refractivity contribution in [1.29, 1.82) is 0 Å². The summed E-state index contributed by atoms with van der Waals surface area (Å²) in [4.78, 5) is 40.3. The van der Waals surface area contributed by atoms with E-state index in [0.717, 1.165) is 18.3 Å². The molecule has 0 aliphatic carbocycles. The Bertz CT molecular complexity index is 920. The molecule has 1 heterocycles. The molecule has 0 fully saturated rings. The van der Waals surface area contributed by atoms with Crippen molar-refractivity contribution in [2.24, 2.45) is 0 Å². The zero-order valence-electron chi connectivity index (χ0n) is 16.7. The Morgan fingerprint density at radius 2 is 1.61 bits per heavy atom. The number of carbonyl (C=O) groups is 3. The number of ether oxygens (including phenoxy) is 2. The fourth-order valence-electron chi connectivity index (χ4n) is 2.49. The average molecular weight is 439 g/mol. The van der Waals surface area contributed by atoms with Gasteiger partial charge in [-0.25, -0.2) is 9.59 Å². The molecule has 0 saturated heterocycles. The minimum absolute atomic E-state index is 0.0977. The van der Waals surface area contributed by atoms with Gasteiger partial charge in [0.05, 0.1) is 24.3 Å². The number of hydrogen-bond donors (Lipinski definition) is 2. The van der Waals surface area contributed by atoms with Gasteiger partial charge in [0.2, 0.25) is 0 Å². The second-order valence-electron chi connectivity index (χ2n) is 6.09. The summed E-state index contributed by atoms with van der Waals surface area (Å²) in [6.45, 7) is 2.70. The SMILES string of the molecule is CCOC(=O)c1ccc(NC(NC(=O)c2cccnc2)(C(=O)OCC)C(F)(F)F)cc1. The van der Waals surface area contributed by atoms with Crippen molar-refractivity contribution in [2.75, 3.05) is 18.5 Å². The first-order chi connectivity index (χ1) is 14.6. The number of benzene rings is 1. The van der Waals surface area contributed by atoms with Crippen LogP contribution in [-0.2, 0) is 14.3 Å². The maximum absolute atomic E-state index is 14.2. The Hall–Kier alpha value is -3.63. The third kappa shape index (κ3) is 5.50. The van der Waals surface area contributed by atoms with Crippen LogP contribution in [0.1, 0.15) is 34.6 Å². The van der Waals surface area contributed by atoms with E-state index in [1.54, 1.807) is 12.2 Å². The van der Waals surface area contributed by atoms with Crippen LogP contribution >= 0.6 is 0 Å². The molecule has 31 heavy (non-hydrogen) atoms. The van der Waals surface area contributed by atoms with E-state index in [2.05, 4.69) is 9.72 Å². The van der Waals surface area contributed by atoms with Crippen LogP contribution in [0.25, 0.3) is 0 Å². The predicted molar refractivity (Wildman–Crippen MR) is 103 cm³/mol. The highest BCUT2D eigenvalue weighted by Gasteiger charge is 2.63. The van der Waals surface area contributed by atoms with Crippen LogP contribution in [0.3, 0.4) is 0 Å². The fraction of sp³-hybridized carbons (Fsp3) is 0.300. The molecule has 0 bridgehead atoms. The minimum Gasteiger partial charge on any atom is -0.463 e. The molecule has 2 aromatic rings. The Balaban J connectivity index is 2.44. The summed E-state index contributed by atoms with van der Waals surface area (Å²) in [5.41, 5.74) is -3.90. The van der Waals surface area contributed by atoms with E-state index in [1.807, 2.05) is 5.32 Å². The first-order valence-corrected chi connectivity index (χ1v) is 9.16. The molecule has 11 heteroatoms. The lowest BCUT2D eigenvalue weighted by Crippen LogP contribution is -2.69. The van der Waals surface area contributed by atoms with Crippen LogP contribution in [0, 0.1) is 0 Å². The van der Waals surface area contributed by atoms with Crippen LogP contribution in [0.4, 0.5) is 18.9 Å². The molecule has 1 aromatic heterocycles. The Kier molecular flexibility index (Phi) is 7.56. The second kappa shape index (κ2) is 9.92. The summed E-state index contributed by atoms with van der Waals surface area (Å²) in [6.07, 6.45) is -2.91. The molecule has 0 radical (unpaired) electrons. The molecule has 1 unspecified atom stereocenters. The largest absolute Gasteiger partial charge is 0.463 e. The summed E-state index contributed by atoms with van der Waals surface area (Å²) in [7, 11) is 0. The zero-order chi connectivity index (χ0) is 23.1. The standard InChI is InChI=1S/C20H20F3N3O5/c1-3-30-17(28)13-7-9-15(10-8-13)25-19(20(21,22)23,18(29)31-4-2)26-16(27)14-6-5-11-24-12-14/h5-12,25H,3-4H2,1-2H3,(H,26,27). The van der Waals surface area contributed by atoms with Crippen LogP contribution in [0.2, 0.25) is 0 Å². The van der Waals surface area contributed by atoms with Gasteiger partial charge in [-0.3, -0.25) is 9.78 Å². The van der Waals surface area contributed by atoms with Gasteiger partial charge in [-0.15, -0.1) is 0 Å². The van der Waals surface area contributed by atoms with Crippen LogP contribution in [0.15, 0.2) is 48.8 Å². The first kappa shape index (κ1) is 23.6. The summed E-state index contributed by atoms with van der Waals surface area (Å²) in [6, 6.07) is 7.31. The van der Waals surface area contributed by atoms with Gasteiger partial charge in [-0.1, -0.05) is 0 Å². The van der Waals surface area contributed by atoms with Crippen molar-refractivity contribution in [1.82, 2.24) is 10.3 Å². The highest BCUT2D eigenvalue weighted by Crippen LogP contribution is 2.33. The number of nitrogens with zero attached hydrogens (tertiary/aromatic N) is 1. The van der Waals surface area contributed by atoms with Crippen molar-refractivity contribution in [3.8, 4) is 0 Å². The lowest BCUT2D eigenvalue weighted by Gasteiger charge is -2.35. The van der Waals surface area contributed by atoms with Gasteiger partial charge in [-0.05, 0) is 50.2 Å². The molecule has 0 saturated carbocycles. The van der Waals surface area contributed by atoms with Gasteiger partial charge in [0.25, 0.3) is 5.91 Å². The number of rotatable bonds is 8. The Morgan fingerprint density at radius 3 is 2.13 bits per heavy atom. The third-order valence-electron chi connectivity index (χ3n) is 3.96. The van der Waals surface area contributed by atoms with E-state index >= 15 is 0 Å². The maximum Gasteiger partial charge on any atom is 0.441 e. The molecule has 0 spiro atoms. The van der Waals surface area contributed by atoms with Crippen LogP contribution < -0.4 is 10.6 Å². The fourth-order valence-corrected chi connectivity index (χ4v) is 2.49. The quantitative estimate of drug-likeness (QED) is 0.481. The molecule has 2 rings (SSSR count). The van der Waals surface area contributed by atoms with E-state index in [-0.39, 0.29) is 30.0 Å². The number of hydrogen-bond acceptors (Lipinski definition) is 7. The van der Waals surface area contributed by atoms with Crippen LogP contribution in [0.5, 0.6) is 0 Å². The summed E-state index contributed by atoms with van der Waals surface area (Å²) in [5, 5.41) is 3.71. The summed E-state index contributed by atoms with van der Waals surface area (Å²) in [5.74, 6) is -3.62. The van der Waals surface area contributed by atoms with E-state index in [0.29, 0.717) is 0 Å². The smallest absolute Gasteiger partial charge is 0.441 e. The van der Waals surface area contributed by atoms with E-state index < -0.39 is 29.7 Å². The second-order valence-corrected chi connectivity index (χ2v) is 6.09. The molecular weight excluding hydrogens is 419 g/mol. The predicted octanol–water partition coefficient (Wildman–Crippen LogP) is 2.92. The number of anilines is 1. The monoisotopic (exact) mass is 439 g/mol. The Labute approximate surface area is 175 Å². The number of carbonyl (C=O) groups excluding carboxylic acids is 3. The van der Waals surface area contributed by atoms with Crippen molar-refractivity contribution in [3.63, 3.8) is 0 Å². The maximum atomic E-state index is 14.2. The molecule has 0 aliphatic rings. The average Bonchev–Trinajstić information content (AvgIpc) is 2.73. The number of alkyl halides is 3. The number of halogens is 3. The van der Waals surface area contributed by atoms with Gasteiger partial charge in [0.15, 0.2) is 0 Å². The number of pyridine rings is 1. The van der Waals surface area contributed by atoms with E-state index in [9.17, 15) is 27.6 Å². The molecule has 1 amide bonds. The number of nitrogens with one attached hydrogen (secondary N) is 2. The first-order valence-electron chi connectivity index (χ1n) is 9.16. The lowest BCUT2D eigenvalue weighted by atomic mass is 10.1. The Morgan fingerprint density at radius 1 is 0.968 bits per heavy atom. The molecule has 8 nitrogen and oxygen atoms in total. The van der Waals surface area contributed by atoms with Gasteiger partial charge in [-0.2, -0.15) is 13.2 Å². The highest BCUT2D eigenvalue weighted by atomic mass is 19.4. The number of esters is 2. The minimum atomic E-state index is -5.29. The van der Waals surface area contributed by atoms with Crippen LogP contribution in [-0.4, -0.2) is 47.9 Å². The number of amides is 1. The molecule has 0 aliphatic heterocycles. The molecule has 166 valence electrons. The topological polar surface area (TPSA) is 107 Å². The third-order valence-corrected chi connectivity index (χ3v) is 3.96. The van der Waals surface area contributed by atoms with Gasteiger partial charge < -0.3 is 20.1 Å². The van der Waals surface area contributed by atoms with E-state index in [4.69, 9.17) is 4.74 Å². The van der Waals surface area contributed by atoms with Gasteiger partial charge >= 0.3 is 23.8 Å². The van der Waals surface area contributed by atoms with E-state index in [1.165, 1.54) is 37.4 Å². The van der Waals surface area contributed by atoms with Gasteiger partial charge in [0, 0.05) is 18.1 Å². The lowest BCUT2D eigenvalue weighted by molar-refractivity contribution is -0.204. The van der Waals surface area contributed by atoms with Crippen molar-refractivity contribution in [3.05, 3.63) is 59.9 Å². The van der Waals surface area contributed by atoms with Crippen molar-refractivity contribution in [2.45, 2.75) is 25.7 Å². The normalized spacial score (nSPS) is 12.9. The van der Waals surface area contributed by atoms with Crippen molar-refractivity contribution < 1.29 is 37.0 Å². The molecule has 1 aromatic carbocycles. The number of aromatic nitrogens is 1. The molecule has 2 N–H and O–H groups in total. The zero-order valence-corrected chi connectivity index (χ0v) is 16.7. The summed E-state index contributed by atoms with van der Waals surface area (Å²) >= 11 is 0. The highest BCUT2D eigenvalue weighted by molar-refractivity contribution is 5.99.